The summed E-state index contributed by atoms with van der Waals surface area (Å²) in [5.41, 5.74) is 0. The van der Waals surface area contributed by atoms with Crippen LogP contribution in [0, 0.1) is 5.92 Å². The zero-order chi connectivity index (χ0) is 15.0. The Hall–Kier alpha value is -0.170. The number of halogens is 1. The monoisotopic (exact) mass is 326 g/mol. The molecule has 0 aromatic heterocycles. The lowest BCUT2D eigenvalue weighted by molar-refractivity contribution is 0.252. The van der Waals surface area contributed by atoms with E-state index in [1.54, 1.807) is 0 Å². The average molecular weight is 326 g/mol. The van der Waals surface area contributed by atoms with E-state index in [-0.39, 0.29) is 25.7 Å². The lowest BCUT2D eigenvalue weighted by Gasteiger charge is -2.29. The maximum absolute atomic E-state index is 13.1. The van der Waals surface area contributed by atoms with Crippen molar-refractivity contribution in [1.82, 2.24) is 0 Å². The molecule has 118 valence electrons. The Morgan fingerprint density at radius 2 is 1.05 bits per heavy atom. The van der Waals surface area contributed by atoms with Crippen molar-refractivity contribution >= 4 is 17.7 Å². The van der Waals surface area contributed by atoms with Crippen LogP contribution in [-0.2, 0) is 17.7 Å². The summed E-state index contributed by atoms with van der Waals surface area (Å²) in [6.45, 7) is 2.06. The van der Waals surface area contributed by atoms with E-state index in [0.29, 0.717) is 18.8 Å². The van der Waals surface area contributed by atoms with Crippen LogP contribution in [0.25, 0.3) is 0 Å². The van der Waals surface area contributed by atoms with Crippen LogP contribution in [0.5, 0.6) is 0 Å². The standard InChI is InChI=1S/C13H23FO4S2/c1-10-2-6-12(7-3-10)19(15,16)20(17,18)13-8-4-11(14)5-9-13/h10-13H,2-9H2,1H3. The van der Waals surface area contributed by atoms with E-state index in [2.05, 4.69) is 6.92 Å². The molecule has 4 nitrogen and oxygen atoms in total. The molecule has 0 spiro atoms. The predicted molar refractivity (Wildman–Crippen MR) is 76.4 cm³/mol. The van der Waals surface area contributed by atoms with E-state index in [1.165, 1.54) is 0 Å². The van der Waals surface area contributed by atoms with Gasteiger partial charge < -0.3 is 0 Å². The zero-order valence-corrected chi connectivity index (χ0v) is 13.4. The summed E-state index contributed by atoms with van der Waals surface area (Å²) in [7, 11) is -8.35. The quantitative estimate of drug-likeness (QED) is 0.748. The molecule has 2 rings (SSSR count). The van der Waals surface area contributed by atoms with E-state index in [0.717, 1.165) is 12.8 Å². The van der Waals surface area contributed by atoms with Gasteiger partial charge >= 0.3 is 0 Å². The molecule has 2 fully saturated rings. The van der Waals surface area contributed by atoms with Crippen LogP contribution in [0.1, 0.15) is 58.3 Å². The van der Waals surface area contributed by atoms with Crippen LogP contribution in [0.4, 0.5) is 4.39 Å². The maximum Gasteiger partial charge on any atom is 0.256 e. The summed E-state index contributed by atoms with van der Waals surface area (Å²) in [5, 5.41) is -1.66. The van der Waals surface area contributed by atoms with Gasteiger partial charge in [-0.1, -0.05) is 6.92 Å². The van der Waals surface area contributed by atoms with Gasteiger partial charge in [0.05, 0.1) is 10.5 Å². The fraction of sp³-hybridized carbons (Fsp3) is 1.00. The van der Waals surface area contributed by atoms with Crippen molar-refractivity contribution in [1.29, 1.82) is 0 Å². The average Bonchev–Trinajstić information content (AvgIpc) is 2.39. The Labute approximate surface area is 120 Å². The Kier molecular flexibility index (Phi) is 4.79. The molecule has 2 saturated carbocycles. The van der Waals surface area contributed by atoms with Gasteiger partial charge in [0.1, 0.15) is 6.17 Å². The second-order valence-corrected chi connectivity index (χ2v) is 12.3. The smallest absolute Gasteiger partial charge is 0.247 e. The minimum absolute atomic E-state index is 0.131. The highest BCUT2D eigenvalue weighted by atomic mass is 33.2. The van der Waals surface area contributed by atoms with Gasteiger partial charge in [0.15, 0.2) is 0 Å². The predicted octanol–water partition coefficient (Wildman–Crippen LogP) is 2.59. The van der Waals surface area contributed by atoms with E-state index in [9.17, 15) is 21.2 Å². The molecule has 0 bridgehead atoms. The number of hydrogen-bond donors (Lipinski definition) is 0. The third-order valence-electron chi connectivity index (χ3n) is 4.71. The third kappa shape index (κ3) is 3.03. The van der Waals surface area contributed by atoms with E-state index in [4.69, 9.17) is 0 Å². The molecule has 0 amide bonds. The lowest BCUT2D eigenvalue weighted by atomic mass is 9.91. The fourth-order valence-corrected chi connectivity index (χ4v) is 9.10. The summed E-state index contributed by atoms with van der Waals surface area (Å²) in [6, 6.07) is 0. The molecule has 0 aromatic rings. The Morgan fingerprint density at radius 1 is 0.700 bits per heavy atom. The van der Waals surface area contributed by atoms with Gasteiger partial charge in [-0.3, -0.25) is 0 Å². The van der Waals surface area contributed by atoms with Gasteiger partial charge in [-0.15, -0.1) is 0 Å². The van der Waals surface area contributed by atoms with Gasteiger partial charge in [-0.25, -0.2) is 21.2 Å². The minimum Gasteiger partial charge on any atom is -0.247 e. The molecule has 2 aliphatic carbocycles. The molecule has 0 atom stereocenters. The fourth-order valence-electron chi connectivity index (χ4n) is 3.21. The van der Waals surface area contributed by atoms with Crippen molar-refractivity contribution in [3.05, 3.63) is 0 Å². The first kappa shape index (κ1) is 16.2. The molecule has 0 N–H and O–H groups in total. The molecular formula is C13H23FO4S2. The highest BCUT2D eigenvalue weighted by Gasteiger charge is 2.45. The Balaban J connectivity index is 2.15. The first-order chi connectivity index (χ1) is 9.25. The summed E-state index contributed by atoms with van der Waals surface area (Å²) < 4.78 is 62.7. The third-order valence-corrected chi connectivity index (χ3v) is 11.5. The molecule has 0 aliphatic heterocycles. The highest BCUT2D eigenvalue weighted by Crippen LogP contribution is 2.35. The van der Waals surface area contributed by atoms with E-state index in [1.807, 2.05) is 0 Å². The van der Waals surface area contributed by atoms with Crippen LogP contribution in [0.2, 0.25) is 0 Å². The Bertz CT molecular complexity index is 475. The van der Waals surface area contributed by atoms with Crippen LogP contribution in [-0.4, -0.2) is 33.5 Å². The molecule has 0 saturated heterocycles. The van der Waals surface area contributed by atoms with Gasteiger partial charge in [-0.2, -0.15) is 0 Å². The SMILES string of the molecule is CC1CCC(S(=O)(=O)S(=O)(=O)C2CCC(F)CC2)CC1. The van der Waals surface area contributed by atoms with Crippen LogP contribution < -0.4 is 0 Å². The minimum atomic E-state index is -4.20. The molecule has 7 heteroatoms. The van der Waals surface area contributed by atoms with Crippen molar-refractivity contribution in [2.75, 3.05) is 0 Å². The number of alkyl halides is 1. The van der Waals surface area contributed by atoms with Crippen molar-refractivity contribution in [2.24, 2.45) is 5.92 Å². The molecule has 2 aliphatic rings. The largest absolute Gasteiger partial charge is 0.256 e. The normalized spacial score (nSPS) is 36.7. The summed E-state index contributed by atoms with van der Waals surface area (Å²) in [5.74, 6) is 0.464. The summed E-state index contributed by atoms with van der Waals surface area (Å²) >= 11 is 0. The van der Waals surface area contributed by atoms with Crippen LogP contribution in [0.15, 0.2) is 0 Å². The second kappa shape index (κ2) is 5.91. The van der Waals surface area contributed by atoms with Crippen molar-refractivity contribution < 1.29 is 21.2 Å². The van der Waals surface area contributed by atoms with E-state index >= 15 is 0 Å². The topological polar surface area (TPSA) is 68.3 Å². The molecule has 0 unspecified atom stereocenters. The van der Waals surface area contributed by atoms with Gasteiger partial charge in [0.25, 0.3) is 17.7 Å². The lowest BCUT2D eigenvalue weighted by Crippen LogP contribution is -2.39. The molecule has 0 heterocycles. The molecule has 20 heavy (non-hydrogen) atoms. The molecule has 0 radical (unpaired) electrons. The van der Waals surface area contributed by atoms with Gasteiger partial charge in [-0.05, 0) is 57.3 Å². The number of hydrogen-bond acceptors (Lipinski definition) is 4. The van der Waals surface area contributed by atoms with Crippen LogP contribution >= 0.6 is 0 Å². The van der Waals surface area contributed by atoms with E-state index < -0.39 is 34.4 Å². The zero-order valence-electron chi connectivity index (χ0n) is 11.8. The Morgan fingerprint density at radius 3 is 1.45 bits per heavy atom. The van der Waals surface area contributed by atoms with Crippen molar-refractivity contribution in [3.63, 3.8) is 0 Å². The van der Waals surface area contributed by atoms with Crippen molar-refractivity contribution in [3.8, 4) is 0 Å². The molecule has 0 aromatic carbocycles. The number of rotatable bonds is 3. The maximum atomic E-state index is 13.1. The van der Waals surface area contributed by atoms with Gasteiger partial charge in [0, 0.05) is 0 Å². The highest BCUT2D eigenvalue weighted by molar-refractivity contribution is 8.67. The summed E-state index contributed by atoms with van der Waals surface area (Å²) in [4.78, 5) is 0. The second-order valence-electron chi connectivity index (χ2n) is 6.24. The first-order valence-electron chi connectivity index (χ1n) is 7.37. The molecular weight excluding hydrogens is 303 g/mol. The summed E-state index contributed by atoms with van der Waals surface area (Å²) in [6.07, 6.45) is 1.97. The first-order valence-corrected chi connectivity index (χ1v) is 11.0. The van der Waals surface area contributed by atoms with Crippen molar-refractivity contribution in [2.45, 2.75) is 75.0 Å². The van der Waals surface area contributed by atoms with Gasteiger partial charge in [0.2, 0.25) is 0 Å². The van der Waals surface area contributed by atoms with Crippen LogP contribution in [0.3, 0.4) is 0 Å².